The Kier molecular flexibility index (Phi) is 7.32. The quantitative estimate of drug-likeness (QED) is 0.475. The Morgan fingerprint density at radius 3 is 2.10 bits per heavy atom. The maximum atomic E-state index is 15.2. The largest absolute Gasteiger partial charge is 0.495 e. The molecule has 0 radical (unpaired) electrons. The highest BCUT2D eigenvalue weighted by atomic mass is 19.1. The molecule has 39 heavy (non-hydrogen) atoms. The summed E-state index contributed by atoms with van der Waals surface area (Å²) in [6.45, 7) is 2.16. The van der Waals surface area contributed by atoms with Crippen LogP contribution in [-0.4, -0.2) is 76.2 Å². The molecule has 2 aliphatic rings. The molecule has 1 saturated heterocycles. The molecule has 0 N–H and O–H groups in total. The lowest BCUT2D eigenvalue weighted by atomic mass is 9.78. The first-order chi connectivity index (χ1) is 18.9. The summed E-state index contributed by atoms with van der Waals surface area (Å²) >= 11 is 0. The summed E-state index contributed by atoms with van der Waals surface area (Å²) in [6.07, 6.45) is 0. The fraction of sp³-hybridized carbons (Fsp3) is 0.333. The van der Waals surface area contributed by atoms with Gasteiger partial charge in [0.2, 0.25) is 5.91 Å². The molecule has 5 rings (SSSR count). The number of hydrogen-bond donors (Lipinski definition) is 0. The van der Waals surface area contributed by atoms with E-state index in [1.54, 1.807) is 49.4 Å². The second kappa shape index (κ2) is 10.8. The summed E-state index contributed by atoms with van der Waals surface area (Å²) in [7, 11) is 6.25. The minimum Gasteiger partial charge on any atom is -0.495 e. The summed E-state index contributed by atoms with van der Waals surface area (Å²) in [5, 5.41) is 0. The zero-order chi connectivity index (χ0) is 27.7. The Balaban J connectivity index is 1.54. The van der Waals surface area contributed by atoms with E-state index in [0.717, 1.165) is 11.4 Å². The minimum absolute atomic E-state index is 0.171. The van der Waals surface area contributed by atoms with Gasteiger partial charge >= 0.3 is 0 Å². The van der Waals surface area contributed by atoms with Crippen LogP contribution in [-0.2, 0) is 4.79 Å². The number of ether oxygens (including phenoxy) is 3. The van der Waals surface area contributed by atoms with E-state index in [0.29, 0.717) is 54.4 Å². The van der Waals surface area contributed by atoms with Crippen molar-refractivity contribution in [2.24, 2.45) is 0 Å². The van der Waals surface area contributed by atoms with Gasteiger partial charge in [0.05, 0.1) is 39.0 Å². The van der Waals surface area contributed by atoms with Gasteiger partial charge in [-0.05, 0) is 35.9 Å². The molecule has 0 saturated carbocycles. The van der Waals surface area contributed by atoms with E-state index in [1.165, 1.54) is 25.2 Å². The van der Waals surface area contributed by atoms with E-state index in [4.69, 9.17) is 14.2 Å². The van der Waals surface area contributed by atoms with Gasteiger partial charge in [-0.2, -0.15) is 0 Å². The Morgan fingerprint density at radius 2 is 1.44 bits per heavy atom. The molecule has 0 bridgehead atoms. The number of rotatable bonds is 6. The molecular weight excluding hydrogens is 501 g/mol. The Bertz CT molecular complexity index is 1390. The Labute approximate surface area is 227 Å². The molecule has 2 amide bonds. The minimum atomic E-state index is -0.836. The third-order valence-electron chi connectivity index (χ3n) is 7.68. The second-order valence-electron chi connectivity index (χ2n) is 9.64. The molecule has 3 aromatic rings. The maximum Gasteiger partial charge on any atom is 0.254 e. The number of fused-ring (bicyclic) bond motifs is 1. The number of para-hydroxylation sites is 2. The molecule has 9 heteroatoms. The normalized spacial score (nSPS) is 19.0. The molecule has 2 atom stereocenters. The van der Waals surface area contributed by atoms with Gasteiger partial charge in [-0.25, -0.2) is 4.39 Å². The van der Waals surface area contributed by atoms with Gasteiger partial charge in [0.15, 0.2) is 11.5 Å². The Hall–Kier alpha value is -4.27. The zero-order valence-electron chi connectivity index (χ0n) is 22.5. The monoisotopic (exact) mass is 533 g/mol. The molecule has 0 spiro atoms. The molecule has 2 aliphatic heterocycles. The first-order valence-electron chi connectivity index (χ1n) is 12.8. The molecule has 3 aromatic carbocycles. The van der Waals surface area contributed by atoms with Crippen molar-refractivity contribution in [3.63, 3.8) is 0 Å². The maximum absolute atomic E-state index is 15.2. The van der Waals surface area contributed by atoms with E-state index in [9.17, 15) is 9.59 Å². The number of benzene rings is 3. The average Bonchev–Trinajstić information content (AvgIpc) is 2.98. The lowest BCUT2D eigenvalue weighted by Crippen LogP contribution is -2.53. The van der Waals surface area contributed by atoms with E-state index in [1.807, 2.05) is 24.3 Å². The fourth-order valence-electron chi connectivity index (χ4n) is 5.67. The van der Waals surface area contributed by atoms with Crippen LogP contribution in [0.25, 0.3) is 0 Å². The predicted molar refractivity (Wildman–Crippen MR) is 145 cm³/mol. The highest BCUT2D eigenvalue weighted by Crippen LogP contribution is 2.47. The van der Waals surface area contributed by atoms with Crippen molar-refractivity contribution in [1.82, 2.24) is 9.80 Å². The summed E-state index contributed by atoms with van der Waals surface area (Å²) in [5.74, 6) is -0.222. The molecule has 0 unspecified atom stereocenters. The third kappa shape index (κ3) is 4.62. The molecule has 2 heterocycles. The van der Waals surface area contributed by atoms with E-state index in [2.05, 4.69) is 4.90 Å². The number of piperazine rings is 1. The van der Waals surface area contributed by atoms with E-state index in [-0.39, 0.29) is 11.8 Å². The molecular formula is C30H32FN3O5. The van der Waals surface area contributed by atoms with Crippen molar-refractivity contribution in [2.45, 2.75) is 12.0 Å². The number of likely N-dealkylation sites (N-methyl/N-ethyl adjacent to an activating group) is 1. The van der Waals surface area contributed by atoms with Crippen molar-refractivity contribution in [1.29, 1.82) is 0 Å². The van der Waals surface area contributed by atoms with Crippen LogP contribution in [0.3, 0.4) is 0 Å². The van der Waals surface area contributed by atoms with E-state index >= 15 is 4.39 Å². The van der Waals surface area contributed by atoms with Crippen LogP contribution in [0.1, 0.15) is 33.4 Å². The molecule has 204 valence electrons. The van der Waals surface area contributed by atoms with Crippen LogP contribution in [0.5, 0.6) is 17.2 Å². The van der Waals surface area contributed by atoms with Crippen LogP contribution < -0.4 is 19.1 Å². The third-order valence-corrected chi connectivity index (χ3v) is 7.68. The number of hydrogen-bond acceptors (Lipinski definition) is 6. The van der Waals surface area contributed by atoms with E-state index < -0.39 is 17.8 Å². The number of amides is 2. The van der Waals surface area contributed by atoms with Crippen molar-refractivity contribution in [3.05, 3.63) is 83.2 Å². The van der Waals surface area contributed by atoms with Crippen LogP contribution in [0, 0.1) is 5.82 Å². The van der Waals surface area contributed by atoms with Crippen molar-refractivity contribution in [3.8, 4) is 17.2 Å². The smallest absolute Gasteiger partial charge is 0.254 e. The van der Waals surface area contributed by atoms with Crippen molar-refractivity contribution >= 4 is 17.5 Å². The number of carbonyl (C=O) groups is 2. The molecule has 1 fully saturated rings. The zero-order valence-corrected chi connectivity index (χ0v) is 22.5. The lowest BCUT2D eigenvalue weighted by Gasteiger charge is -2.43. The predicted octanol–water partition coefficient (Wildman–Crippen LogP) is 4.11. The molecule has 0 aromatic heterocycles. The highest BCUT2D eigenvalue weighted by Gasteiger charge is 2.46. The SMILES string of the molecule is COc1cc2c(cc1OC)[C@@H](C(=O)N1CCN(c3ccccc3OC)CC1)[C@H](c1ccccc1F)N(C)C2=O. The van der Waals surface area contributed by atoms with Crippen LogP contribution in [0.2, 0.25) is 0 Å². The van der Waals surface area contributed by atoms with Gasteiger partial charge in [0.1, 0.15) is 11.6 Å². The number of anilines is 1. The van der Waals surface area contributed by atoms with Crippen LogP contribution >= 0.6 is 0 Å². The van der Waals surface area contributed by atoms with Gasteiger partial charge in [-0.1, -0.05) is 30.3 Å². The number of methoxy groups -OCH3 is 3. The van der Waals surface area contributed by atoms with Gasteiger partial charge in [-0.15, -0.1) is 0 Å². The van der Waals surface area contributed by atoms with Gasteiger partial charge in [0, 0.05) is 44.4 Å². The van der Waals surface area contributed by atoms with Crippen LogP contribution in [0.15, 0.2) is 60.7 Å². The molecule has 0 aliphatic carbocycles. The Morgan fingerprint density at radius 1 is 0.821 bits per heavy atom. The average molecular weight is 534 g/mol. The first kappa shape index (κ1) is 26.3. The summed E-state index contributed by atoms with van der Waals surface area (Å²) in [6, 6.07) is 16.6. The van der Waals surface area contributed by atoms with Crippen LogP contribution in [0.4, 0.5) is 10.1 Å². The lowest BCUT2D eigenvalue weighted by molar-refractivity contribution is -0.134. The number of halogens is 1. The summed E-state index contributed by atoms with van der Waals surface area (Å²) in [5.41, 5.74) is 2.11. The van der Waals surface area contributed by atoms with Gasteiger partial charge in [0.25, 0.3) is 5.91 Å². The standard InChI is InChI=1S/C30H32FN3O5/c1-32-28(19-9-5-6-10-22(19)31)27(20-17-25(38-3)26(39-4)18-21(20)29(32)35)30(36)34-15-13-33(14-16-34)23-11-7-8-12-24(23)37-2/h5-12,17-18,27-28H,13-16H2,1-4H3/t27-,28+/m1/s1. The summed E-state index contributed by atoms with van der Waals surface area (Å²) in [4.78, 5) is 33.3. The number of carbonyl (C=O) groups excluding carboxylic acids is 2. The molecule has 8 nitrogen and oxygen atoms in total. The first-order valence-corrected chi connectivity index (χ1v) is 12.8. The highest BCUT2D eigenvalue weighted by molar-refractivity contribution is 6.02. The van der Waals surface area contributed by atoms with Crippen molar-refractivity contribution < 1.29 is 28.2 Å². The van der Waals surface area contributed by atoms with Crippen molar-refractivity contribution in [2.75, 3.05) is 59.5 Å². The topological polar surface area (TPSA) is 71.6 Å². The second-order valence-corrected chi connectivity index (χ2v) is 9.64. The van der Waals surface area contributed by atoms with Gasteiger partial charge < -0.3 is 28.9 Å². The van der Waals surface area contributed by atoms with Gasteiger partial charge in [-0.3, -0.25) is 9.59 Å². The fourth-order valence-corrected chi connectivity index (χ4v) is 5.67. The number of nitrogens with zero attached hydrogens (tertiary/aromatic N) is 3. The summed E-state index contributed by atoms with van der Waals surface area (Å²) < 4.78 is 31.7.